The van der Waals surface area contributed by atoms with E-state index >= 15 is 0 Å². The Bertz CT molecular complexity index is 1140. The number of nitrogens with zero attached hydrogens (tertiary/aromatic N) is 2. The summed E-state index contributed by atoms with van der Waals surface area (Å²) in [6.45, 7) is 2.68. The molecule has 30 heavy (non-hydrogen) atoms. The van der Waals surface area contributed by atoms with Gasteiger partial charge in [-0.2, -0.15) is 0 Å². The van der Waals surface area contributed by atoms with Gasteiger partial charge in [-0.3, -0.25) is 9.69 Å². The van der Waals surface area contributed by atoms with E-state index in [1.807, 2.05) is 42.2 Å². The van der Waals surface area contributed by atoms with E-state index in [4.69, 9.17) is 21.1 Å². The van der Waals surface area contributed by atoms with Gasteiger partial charge in [-0.25, -0.2) is 8.42 Å². The van der Waals surface area contributed by atoms with Crippen LogP contribution in [0.2, 0.25) is 5.02 Å². The Morgan fingerprint density at radius 2 is 1.83 bits per heavy atom. The molecule has 2 saturated heterocycles. The van der Waals surface area contributed by atoms with E-state index in [1.54, 1.807) is 11.0 Å². The Kier molecular flexibility index (Phi) is 4.68. The fourth-order valence-corrected chi connectivity index (χ4v) is 6.63. The van der Waals surface area contributed by atoms with Crippen LogP contribution in [0.5, 0.6) is 11.5 Å². The number of rotatable bonds is 3. The molecule has 3 aliphatic heterocycles. The van der Waals surface area contributed by atoms with Gasteiger partial charge < -0.3 is 14.4 Å². The Balaban J connectivity index is 1.46. The van der Waals surface area contributed by atoms with E-state index < -0.39 is 15.9 Å². The lowest BCUT2D eigenvalue weighted by molar-refractivity contribution is -0.123. The lowest BCUT2D eigenvalue weighted by Crippen LogP contribution is -2.61. The van der Waals surface area contributed by atoms with Crippen molar-refractivity contribution in [2.24, 2.45) is 0 Å². The first-order chi connectivity index (χ1) is 14.3. The van der Waals surface area contributed by atoms with Crippen molar-refractivity contribution in [3.63, 3.8) is 0 Å². The second-order valence-corrected chi connectivity index (χ2v) is 10.6. The zero-order chi connectivity index (χ0) is 21.0. The van der Waals surface area contributed by atoms with Gasteiger partial charge >= 0.3 is 0 Å². The summed E-state index contributed by atoms with van der Waals surface area (Å²) in [5.41, 5.74) is 2.50. The number of amides is 1. The summed E-state index contributed by atoms with van der Waals surface area (Å²) in [4.78, 5) is 16.7. The van der Waals surface area contributed by atoms with E-state index in [0.717, 1.165) is 11.1 Å². The Labute approximate surface area is 180 Å². The summed E-state index contributed by atoms with van der Waals surface area (Å²) in [6.07, 6.45) is 0. The molecule has 0 radical (unpaired) electrons. The molecule has 2 unspecified atom stereocenters. The molecule has 0 spiro atoms. The third-order valence-corrected chi connectivity index (χ3v) is 8.06. The number of sulfone groups is 1. The summed E-state index contributed by atoms with van der Waals surface area (Å²) in [6, 6.07) is 10.3. The Morgan fingerprint density at radius 1 is 1.07 bits per heavy atom. The maximum atomic E-state index is 13.1. The standard InChI is InChI=1S/C21H21ClN2O5S/c1-13-2-4-15(7-16(13)22)24-18-11-30(26,27)10-17(18)23(9-21(24)25)8-14-3-5-19-20(6-14)29-12-28-19/h2-7,17-18H,8-12H2,1H3. The monoisotopic (exact) mass is 448 g/mol. The molecule has 3 heterocycles. The second kappa shape index (κ2) is 7.14. The molecule has 2 aromatic carbocycles. The minimum Gasteiger partial charge on any atom is -0.454 e. The summed E-state index contributed by atoms with van der Waals surface area (Å²) in [5.74, 6) is 1.21. The van der Waals surface area contributed by atoms with Crippen LogP contribution < -0.4 is 14.4 Å². The molecule has 7 nitrogen and oxygen atoms in total. The molecule has 158 valence electrons. The molecule has 2 fully saturated rings. The highest BCUT2D eigenvalue weighted by molar-refractivity contribution is 7.91. The SMILES string of the molecule is Cc1ccc(N2C(=O)CN(Cc3ccc4c(c3)OCO4)C3CS(=O)(=O)CC32)cc1Cl. The normalized spacial score (nSPS) is 24.9. The highest BCUT2D eigenvalue weighted by Gasteiger charge is 2.49. The van der Waals surface area contributed by atoms with Crippen molar-refractivity contribution < 1.29 is 22.7 Å². The molecule has 2 atom stereocenters. The molecule has 2 aromatic rings. The topological polar surface area (TPSA) is 76.2 Å². The van der Waals surface area contributed by atoms with E-state index in [2.05, 4.69) is 0 Å². The number of ether oxygens (including phenoxy) is 2. The third-order valence-electron chi connectivity index (χ3n) is 5.96. The first-order valence-electron chi connectivity index (χ1n) is 9.72. The largest absolute Gasteiger partial charge is 0.454 e. The second-order valence-electron chi connectivity index (χ2n) is 8.00. The summed E-state index contributed by atoms with van der Waals surface area (Å²) >= 11 is 6.27. The predicted octanol–water partition coefficient (Wildman–Crippen LogP) is 2.39. The van der Waals surface area contributed by atoms with Crippen molar-refractivity contribution in [1.82, 2.24) is 4.90 Å². The van der Waals surface area contributed by atoms with Crippen LogP contribution in [0.15, 0.2) is 36.4 Å². The average Bonchev–Trinajstić information content (AvgIpc) is 3.27. The highest BCUT2D eigenvalue weighted by atomic mass is 35.5. The molecular weight excluding hydrogens is 428 g/mol. The molecule has 3 aliphatic rings. The van der Waals surface area contributed by atoms with E-state index in [-0.39, 0.29) is 36.8 Å². The molecule has 0 aliphatic carbocycles. The molecular formula is C21H21ClN2O5S. The number of aryl methyl sites for hydroxylation is 1. The van der Waals surface area contributed by atoms with Crippen molar-refractivity contribution in [2.45, 2.75) is 25.6 Å². The number of halogens is 1. The summed E-state index contributed by atoms with van der Waals surface area (Å²) in [7, 11) is -3.26. The fraction of sp³-hybridized carbons (Fsp3) is 0.381. The maximum Gasteiger partial charge on any atom is 0.241 e. The first-order valence-corrected chi connectivity index (χ1v) is 11.9. The van der Waals surface area contributed by atoms with Gasteiger partial charge in [0.05, 0.1) is 24.1 Å². The van der Waals surface area contributed by atoms with E-state index in [1.165, 1.54) is 0 Å². The molecule has 0 saturated carbocycles. The Hall–Kier alpha value is -2.29. The first kappa shape index (κ1) is 19.7. The summed E-state index contributed by atoms with van der Waals surface area (Å²) in [5, 5.41) is 0.556. The van der Waals surface area contributed by atoms with Crippen LogP contribution in [0.4, 0.5) is 5.69 Å². The van der Waals surface area contributed by atoms with Gasteiger partial charge in [-0.05, 0) is 42.3 Å². The number of carbonyl (C=O) groups is 1. The van der Waals surface area contributed by atoms with Crippen molar-refractivity contribution in [3.05, 3.63) is 52.5 Å². The number of piperazine rings is 1. The highest BCUT2D eigenvalue weighted by Crippen LogP contribution is 2.36. The van der Waals surface area contributed by atoms with Crippen LogP contribution in [-0.4, -0.2) is 56.2 Å². The molecule has 0 aromatic heterocycles. The quantitative estimate of drug-likeness (QED) is 0.717. The third kappa shape index (κ3) is 3.42. The smallest absolute Gasteiger partial charge is 0.241 e. The minimum atomic E-state index is -3.26. The average molecular weight is 449 g/mol. The minimum absolute atomic E-state index is 0.0333. The van der Waals surface area contributed by atoms with Crippen LogP contribution in [-0.2, 0) is 21.2 Å². The van der Waals surface area contributed by atoms with Gasteiger partial charge in [0.25, 0.3) is 0 Å². The van der Waals surface area contributed by atoms with Crippen molar-refractivity contribution in [2.75, 3.05) is 29.7 Å². The van der Waals surface area contributed by atoms with Gasteiger partial charge in [0.2, 0.25) is 12.7 Å². The lowest BCUT2D eigenvalue weighted by Gasteiger charge is -2.43. The number of anilines is 1. The predicted molar refractivity (Wildman–Crippen MR) is 113 cm³/mol. The lowest BCUT2D eigenvalue weighted by atomic mass is 10.0. The fourth-order valence-electron chi connectivity index (χ4n) is 4.47. The number of carbonyl (C=O) groups excluding carboxylic acids is 1. The van der Waals surface area contributed by atoms with Crippen LogP contribution in [0.25, 0.3) is 0 Å². The maximum absolute atomic E-state index is 13.1. The molecule has 0 N–H and O–H groups in total. The number of fused-ring (bicyclic) bond motifs is 2. The van der Waals surface area contributed by atoms with E-state index in [0.29, 0.717) is 28.8 Å². The van der Waals surface area contributed by atoms with Crippen LogP contribution in [0, 0.1) is 6.92 Å². The molecule has 1 amide bonds. The molecule has 5 rings (SSSR count). The number of hydrogen-bond donors (Lipinski definition) is 0. The molecule has 9 heteroatoms. The molecule has 0 bridgehead atoms. The van der Waals surface area contributed by atoms with Gasteiger partial charge in [-0.15, -0.1) is 0 Å². The number of benzene rings is 2. The van der Waals surface area contributed by atoms with Gasteiger partial charge in [0, 0.05) is 23.3 Å². The van der Waals surface area contributed by atoms with Gasteiger partial charge in [0.1, 0.15) is 0 Å². The van der Waals surface area contributed by atoms with E-state index in [9.17, 15) is 13.2 Å². The zero-order valence-electron chi connectivity index (χ0n) is 16.4. The number of hydrogen-bond acceptors (Lipinski definition) is 6. The van der Waals surface area contributed by atoms with Crippen molar-refractivity contribution in [1.29, 1.82) is 0 Å². The Morgan fingerprint density at radius 3 is 2.63 bits per heavy atom. The summed E-state index contributed by atoms with van der Waals surface area (Å²) < 4.78 is 35.8. The van der Waals surface area contributed by atoms with Crippen molar-refractivity contribution in [3.8, 4) is 11.5 Å². The zero-order valence-corrected chi connectivity index (χ0v) is 17.9. The van der Waals surface area contributed by atoms with Crippen LogP contribution in [0.1, 0.15) is 11.1 Å². The van der Waals surface area contributed by atoms with Crippen LogP contribution in [0.3, 0.4) is 0 Å². The van der Waals surface area contributed by atoms with Gasteiger partial charge in [0.15, 0.2) is 21.3 Å². The van der Waals surface area contributed by atoms with Gasteiger partial charge in [-0.1, -0.05) is 23.7 Å². The van der Waals surface area contributed by atoms with Crippen molar-refractivity contribution >= 4 is 33.0 Å². The van der Waals surface area contributed by atoms with Crippen LogP contribution >= 0.6 is 11.6 Å².